The van der Waals surface area contributed by atoms with Gasteiger partial charge in [0.25, 0.3) is 0 Å². The zero-order chi connectivity index (χ0) is 32.9. The zero-order valence-electron chi connectivity index (χ0n) is 25.5. The van der Waals surface area contributed by atoms with Crippen LogP contribution >= 0.6 is 0 Å². The maximum atomic E-state index is 13.8. The maximum Gasteiger partial charge on any atom is 0.243 e. The molecule has 0 saturated heterocycles. The Morgan fingerprint density at radius 1 is 0.822 bits per heavy atom. The average Bonchev–Trinajstić information content (AvgIpc) is 3.00. The Balaban J connectivity index is 1.63. The molecule has 2 atom stereocenters. The van der Waals surface area contributed by atoms with Gasteiger partial charge in [-0.25, -0.2) is 16.8 Å². The van der Waals surface area contributed by atoms with Crippen LogP contribution in [0.3, 0.4) is 0 Å². The summed E-state index contributed by atoms with van der Waals surface area (Å²) in [5.41, 5.74) is 10.7. The van der Waals surface area contributed by atoms with E-state index in [0.29, 0.717) is 10.9 Å². The fourth-order valence-electron chi connectivity index (χ4n) is 5.16. The van der Waals surface area contributed by atoms with Crippen molar-refractivity contribution in [3.05, 3.63) is 101 Å². The number of hydrogen-bond donors (Lipinski definition) is 2. The number of hydrogen-bond acceptors (Lipinski definition) is 8. The molecule has 0 radical (unpaired) electrons. The summed E-state index contributed by atoms with van der Waals surface area (Å²) in [6.45, 7) is 3.37. The van der Waals surface area contributed by atoms with Crippen molar-refractivity contribution < 1.29 is 27.0 Å². The number of sulfone groups is 1. The first-order valence-electron chi connectivity index (χ1n) is 14.3. The molecule has 0 aromatic heterocycles. The minimum absolute atomic E-state index is 0.0584. The molecule has 0 heterocycles. The van der Waals surface area contributed by atoms with Crippen LogP contribution in [-0.4, -0.2) is 70.7 Å². The smallest absolute Gasteiger partial charge is 0.243 e. The van der Waals surface area contributed by atoms with E-state index in [9.17, 15) is 27.0 Å². The van der Waals surface area contributed by atoms with Crippen LogP contribution in [0.4, 0.5) is 5.69 Å². The number of aliphatic hydroxyl groups is 1. The summed E-state index contributed by atoms with van der Waals surface area (Å²) in [5.74, 6) is -0.0525. The van der Waals surface area contributed by atoms with E-state index < -0.39 is 32.0 Å². The van der Waals surface area contributed by atoms with Gasteiger partial charge in [-0.1, -0.05) is 55.4 Å². The van der Waals surface area contributed by atoms with Crippen molar-refractivity contribution in [3.8, 4) is 5.75 Å². The van der Waals surface area contributed by atoms with Crippen LogP contribution in [0, 0.1) is 5.92 Å². The molecule has 4 aromatic rings. The molecule has 0 amide bonds. The molecule has 0 spiro atoms. The fourth-order valence-corrected chi connectivity index (χ4v) is 8.25. The van der Waals surface area contributed by atoms with Gasteiger partial charge in [0.15, 0.2) is 0 Å². The number of nitrogens with zero attached hydrogens (tertiary/aromatic N) is 5. The lowest BCUT2D eigenvalue weighted by atomic mass is 10.0. The molecule has 0 aliphatic heterocycles. The van der Waals surface area contributed by atoms with Gasteiger partial charge < -0.3 is 15.1 Å². The highest BCUT2D eigenvalue weighted by Crippen LogP contribution is 2.33. The van der Waals surface area contributed by atoms with Gasteiger partial charge in [-0.3, -0.25) is 0 Å². The predicted molar refractivity (Wildman–Crippen MR) is 175 cm³/mol. The lowest BCUT2D eigenvalue weighted by Gasteiger charge is -2.28. The molecule has 4 rings (SSSR count). The molecule has 2 N–H and O–H groups in total. The van der Waals surface area contributed by atoms with Crippen LogP contribution in [0.25, 0.3) is 21.2 Å². The van der Waals surface area contributed by atoms with E-state index in [1.54, 1.807) is 30.3 Å². The molecule has 1 unspecified atom stereocenters. The number of sulfonamides is 1. The van der Waals surface area contributed by atoms with Crippen molar-refractivity contribution in [2.75, 3.05) is 32.1 Å². The Bertz CT molecular complexity index is 1910. The lowest BCUT2D eigenvalue weighted by molar-refractivity contribution is 0.116. The van der Waals surface area contributed by atoms with E-state index in [0.717, 1.165) is 15.4 Å². The summed E-state index contributed by atoms with van der Waals surface area (Å²) in [5, 5.41) is 25.7. The Labute approximate surface area is 264 Å². The Morgan fingerprint density at radius 3 is 2.02 bits per heavy atom. The zero-order valence-corrected chi connectivity index (χ0v) is 27.1. The second-order valence-electron chi connectivity index (χ2n) is 11.4. The molecule has 11 nitrogen and oxygen atoms in total. The number of anilines is 1. The summed E-state index contributed by atoms with van der Waals surface area (Å²) in [6.07, 6.45) is -1.22. The number of azide groups is 1. The molecule has 4 aromatic carbocycles. The van der Waals surface area contributed by atoms with Crippen LogP contribution in [-0.2, 0) is 26.3 Å². The predicted octanol–water partition coefficient (Wildman–Crippen LogP) is 5.37. The quantitative estimate of drug-likeness (QED) is 0.111. The Hall–Kier alpha value is -4.13. The van der Waals surface area contributed by atoms with E-state index in [1.165, 1.54) is 42.5 Å². The number of benzene rings is 4. The first kappa shape index (κ1) is 33.8. The summed E-state index contributed by atoms with van der Waals surface area (Å²) in [7, 11) is -4.44. The third-order valence-corrected chi connectivity index (χ3v) is 11.1. The number of rotatable bonds is 13. The molecule has 0 fully saturated rings. The van der Waals surface area contributed by atoms with Gasteiger partial charge in [-0.2, -0.15) is 4.31 Å². The molecule has 0 aliphatic carbocycles. The standard InChI is InChI=1S/C32H37N5O6S2/c1-22(2)20-37(21-31(39)29(34-35-33)19-23-11-13-24(38)14-12-23)45(42,43)26-17-15-25(16-18-26)44(40,41)32-10-6-7-27-28(32)8-5-9-30(27)36(3)4/h5-18,22,29,31,38-39H,19-21H2,1-4H3/t29-,31?/m0/s1. The SMILES string of the molecule is CC(C)CN(CC(O)[C@H](Cc1ccc(O)cc1)N=[N+]=[N-])S(=O)(=O)c1ccc(S(=O)(=O)c2cccc3c(N(C)C)cccc23)cc1. The van der Waals surface area contributed by atoms with Gasteiger partial charge >= 0.3 is 0 Å². The Kier molecular flexibility index (Phi) is 10.4. The largest absolute Gasteiger partial charge is 0.508 e. The first-order valence-corrected chi connectivity index (χ1v) is 17.2. The summed E-state index contributed by atoms with van der Waals surface area (Å²) >= 11 is 0. The van der Waals surface area contributed by atoms with Gasteiger partial charge in [0.05, 0.1) is 26.8 Å². The highest BCUT2D eigenvalue weighted by atomic mass is 32.2. The highest BCUT2D eigenvalue weighted by molar-refractivity contribution is 7.91. The van der Waals surface area contributed by atoms with E-state index in [4.69, 9.17) is 5.53 Å². The topological polar surface area (TPSA) is 164 Å². The molecule has 13 heteroatoms. The third-order valence-electron chi connectivity index (χ3n) is 7.39. The van der Waals surface area contributed by atoms with Crippen LogP contribution in [0.2, 0.25) is 0 Å². The van der Waals surface area contributed by atoms with E-state index in [1.807, 2.05) is 45.0 Å². The van der Waals surface area contributed by atoms with E-state index in [2.05, 4.69) is 10.0 Å². The summed E-state index contributed by atoms with van der Waals surface area (Å²) in [6, 6.07) is 20.8. The first-order chi connectivity index (χ1) is 21.2. The van der Waals surface area contributed by atoms with Gasteiger partial charge in [0.2, 0.25) is 19.9 Å². The van der Waals surface area contributed by atoms with Crippen molar-refractivity contribution in [3.63, 3.8) is 0 Å². The van der Waals surface area contributed by atoms with Crippen LogP contribution in [0.15, 0.2) is 105 Å². The van der Waals surface area contributed by atoms with Crippen molar-refractivity contribution in [1.82, 2.24) is 4.31 Å². The minimum Gasteiger partial charge on any atom is -0.508 e. The molecule has 0 saturated carbocycles. The molecule has 45 heavy (non-hydrogen) atoms. The van der Waals surface area contributed by atoms with Crippen LogP contribution in [0.5, 0.6) is 5.75 Å². The van der Waals surface area contributed by atoms with Gasteiger partial charge in [0, 0.05) is 48.6 Å². The lowest BCUT2D eigenvalue weighted by Crippen LogP contribution is -2.43. The van der Waals surface area contributed by atoms with Crippen molar-refractivity contribution >= 4 is 36.3 Å². The normalized spacial score (nSPS) is 13.5. The highest BCUT2D eigenvalue weighted by Gasteiger charge is 2.31. The number of aliphatic hydroxyl groups excluding tert-OH is 1. The Morgan fingerprint density at radius 2 is 1.42 bits per heavy atom. The molecule has 0 bridgehead atoms. The van der Waals surface area contributed by atoms with Gasteiger partial charge in [-0.15, -0.1) is 0 Å². The minimum atomic E-state index is -4.19. The fraction of sp³-hybridized carbons (Fsp3) is 0.312. The second kappa shape index (κ2) is 13.9. The van der Waals surface area contributed by atoms with Crippen LogP contribution < -0.4 is 4.90 Å². The van der Waals surface area contributed by atoms with E-state index >= 15 is 0 Å². The maximum absolute atomic E-state index is 13.8. The van der Waals surface area contributed by atoms with Crippen molar-refractivity contribution in [1.29, 1.82) is 0 Å². The summed E-state index contributed by atoms with van der Waals surface area (Å²) in [4.78, 5) is 4.66. The van der Waals surface area contributed by atoms with Crippen LogP contribution in [0.1, 0.15) is 19.4 Å². The van der Waals surface area contributed by atoms with Gasteiger partial charge in [0.1, 0.15) is 5.75 Å². The monoisotopic (exact) mass is 651 g/mol. The van der Waals surface area contributed by atoms with Crippen molar-refractivity contribution in [2.45, 2.75) is 47.1 Å². The summed E-state index contributed by atoms with van der Waals surface area (Å²) < 4.78 is 56.3. The second-order valence-corrected chi connectivity index (χ2v) is 15.3. The number of phenols is 1. The molecular formula is C32H37N5O6S2. The number of phenolic OH excluding ortho intramolecular Hbond substituents is 1. The number of aromatic hydroxyl groups is 1. The van der Waals surface area contributed by atoms with E-state index in [-0.39, 0.29) is 45.9 Å². The third kappa shape index (κ3) is 7.58. The molecular weight excluding hydrogens is 615 g/mol. The average molecular weight is 652 g/mol. The van der Waals surface area contributed by atoms with Crippen molar-refractivity contribution in [2.24, 2.45) is 11.0 Å². The van der Waals surface area contributed by atoms with Gasteiger partial charge in [-0.05, 0) is 72.0 Å². The molecule has 0 aliphatic rings. The molecule has 238 valence electrons. The number of fused-ring (bicyclic) bond motifs is 1.